The highest BCUT2D eigenvalue weighted by Crippen LogP contribution is 2.33. The van der Waals surface area contributed by atoms with Crippen molar-refractivity contribution in [3.05, 3.63) is 45.9 Å². The Hall–Kier alpha value is -1.92. The predicted molar refractivity (Wildman–Crippen MR) is 100 cm³/mol. The van der Waals surface area contributed by atoms with Crippen LogP contribution in [0.5, 0.6) is 5.75 Å². The number of hydrogen-bond acceptors (Lipinski definition) is 5. The molecule has 0 saturated carbocycles. The lowest BCUT2D eigenvalue weighted by atomic mass is 9.98. The molecule has 0 aliphatic carbocycles. The molecule has 0 radical (unpaired) electrons. The van der Waals surface area contributed by atoms with Gasteiger partial charge in [0.1, 0.15) is 10.6 Å². The van der Waals surface area contributed by atoms with Crippen molar-refractivity contribution in [3.8, 4) is 5.75 Å². The molecule has 0 bridgehead atoms. The van der Waals surface area contributed by atoms with Crippen LogP contribution in [0.4, 0.5) is 0 Å². The number of amides is 1. The lowest BCUT2D eigenvalue weighted by Gasteiger charge is -2.36. The van der Waals surface area contributed by atoms with Crippen LogP contribution in [0.1, 0.15) is 47.1 Å². The SMILES string of the molecule is COc1ccccc1C1CNCCN1C(=O)c1cnc(C(C)(C)C)s1. The molecule has 2 heterocycles. The van der Waals surface area contributed by atoms with Crippen molar-refractivity contribution in [1.29, 1.82) is 0 Å². The number of methoxy groups -OCH3 is 1. The molecule has 1 atom stereocenters. The minimum Gasteiger partial charge on any atom is -0.496 e. The summed E-state index contributed by atoms with van der Waals surface area (Å²) >= 11 is 1.49. The third-order valence-corrected chi connectivity index (χ3v) is 5.77. The van der Waals surface area contributed by atoms with Gasteiger partial charge in [-0.05, 0) is 6.07 Å². The molecule has 3 rings (SSSR count). The highest BCUT2D eigenvalue weighted by molar-refractivity contribution is 7.13. The van der Waals surface area contributed by atoms with Gasteiger partial charge < -0.3 is 15.0 Å². The van der Waals surface area contributed by atoms with E-state index in [1.54, 1.807) is 13.3 Å². The molecule has 2 aromatic rings. The molecule has 6 heteroatoms. The van der Waals surface area contributed by atoms with E-state index in [0.29, 0.717) is 11.4 Å². The summed E-state index contributed by atoms with van der Waals surface area (Å²) in [6.45, 7) is 8.53. The third-order valence-electron chi connectivity index (χ3n) is 4.36. The zero-order valence-corrected chi connectivity index (χ0v) is 16.0. The second-order valence-corrected chi connectivity index (χ2v) is 8.27. The number of hydrogen-bond donors (Lipinski definition) is 1. The number of aromatic nitrogens is 1. The fourth-order valence-electron chi connectivity index (χ4n) is 3.03. The van der Waals surface area contributed by atoms with Crippen LogP contribution in [0, 0.1) is 0 Å². The van der Waals surface area contributed by atoms with Crippen LogP contribution in [0.3, 0.4) is 0 Å². The van der Waals surface area contributed by atoms with Gasteiger partial charge in [-0.1, -0.05) is 39.0 Å². The molecule has 1 amide bonds. The highest BCUT2D eigenvalue weighted by atomic mass is 32.1. The largest absolute Gasteiger partial charge is 0.496 e. The monoisotopic (exact) mass is 359 g/mol. The van der Waals surface area contributed by atoms with E-state index in [1.807, 2.05) is 29.2 Å². The van der Waals surface area contributed by atoms with Gasteiger partial charge in [-0.3, -0.25) is 4.79 Å². The first-order chi connectivity index (χ1) is 11.9. The van der Waals surface area contributed by atoms with Gasteiger partial charge in [0, 0.05) is 30.6 Å². The van der Waals surface area contributed by atoms with E-state index < -0.39 is 0 Å². The molecule has 1 unspecified atom stereocenters. The molecule has 0 spiro atoms. The summed E-state index contributed by atoms with van der Waals surface area (Å²) in [5.41, 5.74) is 0.987. The highest BCUT2D eigenvalue weighted by Gasteiger charge is 2.32. The summed E-state index contributed by atoms with van der Waals surface area (Å²) < 4.78 is 5.51. The van der Waals surface area contributed by atoms with Crippen LogP contribution in [0.15, 0.2) is 30.5 Å². The van der Waals surface area contributed by atoms with Gasteiger partial charge >= 0.3 is 0 Å². The van der Waals surface area contributed by atoms with E-state index >= 15 is 0 Å². The molecule has 1 N–H and O–H groups in total. The molecule has 1 aliphatic rings. The van der Waals surface area contributed by atoms with Gasteiger partial charge in [-0.15, -0.1) is 11.3 Å². The van der Waals surface area contributed by atoms with Crippen molar-refractivity contribution in [2.45, 2.75) is 32.2 Å². The molecule has 1 aliphatic heterocycles. The minimum atomic E-state index is -0.0469. The molecule has 25 heavy (non-hydrogen) atoms. The lowest BCUT2D eigenvalue weighted by molar-refractivity contribution is 0.0636. The number of ether oxygens (including phenoxy) is 1. The standard InChI is InChI=1S/C19H25N3O2S/c1-19(2,3)18-21-12-16(25-18)17(23)22-10-9-20-11-14(22)13-7-5-6-8-15(13)24-4/h5-8,12,14,20H,9-11H2,1-4H3. The van der Waals surface area contributed by atoms with Gasteiger partial charge in [0.25, 0.3) is 5.91 Å². The molecular weight excluding hydrogens is 334 g/mol. The molecule has 1 saturated heterocycles. The average Bonchev–Trinajstić information content (AvgIpc) is 3.11. The Labute approximate surface area is 153 Å². The second-order valence-electron chi connectivity index (χ2n) is 7.24. The summed E-state index contributed by atoms with van der Waals surface area (Å²) in [6.07, 6.45) is 1.72. The second kappa shape index (κ2) is 7.14. The van der Waals surface area contributed by atoms with Crippen molar-refractivity contribution < 1.29 is 9.53 Å². The van der Waals surface area contributed by atoms with Gasteiger partial charge in [0.05, 0.1) is 24.4 Å². The Bertz CT molecular complexity index is 751. The first kappa shape index (κ1) is 17.9. The van der Waals surface area contributed by atoms with E-state index in [0.717, 1.165) is 29.4 Å². The zero-order chi connectivity index (χ0) is 18.0. The average molecular weight is 359 g/mol. The van der Waals surface area contributed by atoms with Crippen molar-refractivity contribution >= 4 is 17.2 Å². The number of para-hydroxylation sites is 1. The first-order valence-corrected chi connectivity index (χ1v) is 9.34. The maximum atomic E-state index is 13.2. The van der Waals surface area contributed by atoms with Crippen molar-refractivity contribution in [1.82, 2.24) is 15.2 Å². The van der Waals surface area contributed by atoms with Crippen LogP contribution >= 0.6 is 11.3 Å². The molecule has 1 aromatic heterocycles. The van der Waals surface area contributed by atoms with Crippen molar-refractivity contribution in [2.75, 3.05) is 26.7 Å². The summed E-state index contributed by atoms with van der Waals surface area (Å²) in [6, 6.07) is 7.86. The first-order valence-electron chi connectivity index (χ1n) is 8.52. The zero-order valence-electron chi connectivity index (χ0n) is 15.2. The van der Waals surface area contributed by atoms with Crippen LogP contribution in [-0.4, -0.2) is 42.5 Å². The third kappa shape index (κ3) is 3.70. The number of rotatable bonds is 3. The topological polar surface area (TPSA) is 54.5 Å². The number of thiazole rings is 1. The number of nitrogens with one attached hydrogen (secondary N) is 1. The van der Waals surface area contributed by atoms with Crippen LogP contribution in [0.25, 0.3) is 0 Å². The summed E-state index contributed by atoms with van der Waals surface area (Å²) in [5, 5.41) is 4.37. The number of carbonyl (C=O) groups is 1. The van der Waals surface area contributed by atoms with E-state index in [2.05, 4.69) is 31.1 Å². The van der Waals surface area contributed by atoms with Crippen molar-refractivity contribution in [3.63, 3.8) is 0 Å². The Morgan fingerprint density at radius 3 is 2.80 bits per heavy atom. The van der Waals surface area contributed by atoms with E-state index in [4.69, 9.17) is 4.74 Å². The molecular formula is C19H25N3O2S. The fourth-order valence-corrected chi connectivity index (χ4v) is 3.96. The lowest BCUT2D eigenvalue weighted by Crippen LogP contribution is -2.48. The number of piperazine rings is 1. The van der Waals surface area contributed by atoms with Crippen molar-refractivity contribution in [2.24, 2.45) is 0 Å². The quantitative estimate of drug-likeness (QED) is 0.914. The number of carbonyl (C=O) groups excluding carboxylic acids is 1. The Kier molecular flexibility index (Phi) is 5.11. The molecule has 134 valence electrons. The number of nitrogens with zero attached hydrogens (tertiary/aromatic N) is 2. The predicted octanol–water partition coefficient (Wildman–Crippen LogP) is 3.24. The van der Waals surface area contributed by atoms with Crippen LogP contribution in [-0.2, 0) is 5.41 Å². The van der Waals surface area contributed by atoms with Gasteiger partial charge in [-0.2, -0.15) is 0 Å². The maximum Gasteiger partial charge on any atom is 0.266 e. The normalized spacial score (nSPS) is 18.2. The maximum absolute atomic E-state index is 13.2. The van der Waals surface area contributed by atoms with Crippen LogP contribution < -0.4 is 10.1 Å². The van der Waals surface area contributed by atoms with Gasteiger partial charge in [0.15, 0.2) is 0 Å². The van der Waals surface area contributed by atoms with E-state index in [-0.39, 0.29) is 17.4 Å². The number of benzene rings is 1. The Morgan fingerprint density at radius 2 is 2.12 bits per heavy atom. The van der Waals surface area contributed by atoms with E-state index in [1.165, 1.54) is 11.3 Å². The molecule has 1 fully saturated rings. The molecule has 5 nitrogen and oxygen atoms in total. The summed E-state index contributed by atoms with van der Waals surface area (Å²) in [5.74, 6) is 0.860. The summed E-state index contributed by atoms with van der Waals surface area (Å²) in [4.78, 5) is 20.3. The summed E-state index contributed by atoms with van der Waals surface area (Å²) in [7, 11) is 1.67. The Balaban J connectivity index is 1.90. The Morgan fingerprint density at radius 1 is 1.36 bits per heavy atom. The van der Waals surface area contributed by atoms with Crippen LogP contribution in [0.2, 0.25) is 0 Å². The smallest absolute Gasteiger partial charge is 0.266 e. The van der Waals surface area contributed by atoms with Gasteiger partial charge in [-0.25, -0.2) is 4.98 Å². The fraction of sp³-hybridized carbons (Fsp3) is 0.474. The minimum absolute atomic E-state index is 0.0439. The van der Waals surface area contributed by atoms with E-state index in [9.17, 15) is 4.79 Å². The van der Waals surface area contributed by atoms with Gasteiger partial charge in [0.2, 0.25) is 0 Å². The molecule has 1 aromatic carbocycles.